The van der Waals surface area contributed by atoms with Crippen molar-refractivity contribution in [2.75, 3.05) is 33.0 Å². The van der Waals surface area contributed by atoms with Crippen molar-refractivity contribution in [3.8, 4) is 0 Å². The number of ether oxygens (including phenoxy) is 6. The third-order valence-corrected chi connectivity index (χ3v) is 12.4. The normalized spacial score (nSPS) is 26.1. The van der Waals surface area contributed by atoms with Gasteiger partial charge < -0.3 is 64.2 Å². The zero-order valence-electron chi connectivity index (χ0n) is 43.0. The third kappa shape index (κ3) is 29.8. The Morgan fingerprint density at radius 1 is 0.486 bits per heavy atom. The molecule has 0 bridgehead atoms. The van der Waals surface area contributed by atoms with E-state index >= 15 is 0 Å². The molecule has 70 heavy (non-hydrogen) atoms. The van der Waals surface area contributed by atoms with Gasteiger partial charge in [0.2, 0.25) is 0 Å². The van der Waals surface area contributed by atoms with E-state index in [0.717, 1.165) is 103 Å². The van der Waals surface area contributed by atoms with Crippen LogP contribution >= 0.6 is 0 Å². The maximum absolute atomic E-state index is 13.0. The lowest BCUT2D eigenvalue weighted by Crippen LogP contribution is -2.61. The van der Waals surface area contributed by atoms with Crippen molar-refractivity contribution in [1.82, 2.24) is 0 Å². The molecule has 0 spiro atoms. The quantitative estimate of drug-likeness (QED) is 0.0173. The lowest BCUT2D eigenvalue weighted by molar-refractivity contribution is -0.332. The van der Waals surface area contributed by atoms with Crippen LogP contribution in [0.4, 0.5) is 0 Å². The number of aliphatic hydroxyl groups excluding tert-OH is 7. The second kappa shape index (κ2) is 42.9. The van der Waals surface area contributed by atoms with Crippen molar-refractivity contribution in [2.24, 2.45) is 0 Å². The van der Waals surface area contributed by atoms with Gasteiger partial charge in [0, 0.05) is 13.0 Å². The average Bonchev–Trinajstić information content (AvgIpc) is 3.36. The fraction of sp³-hybridized carbons (Fsp3) is 0.768. The standard InChI is InChI=1S/C56H96O14/c1-3-5-7-9-11-13-15-17-19-21-22-23-24-26-28-30-32-34-36-38-40-65-42-45(68-48(58)39-37-35-33-31-29-27-25-20-18-16-14-12-10-8-6-4-2)43-66-55-54(64)52(62)50(60)47(70-55)44-67-56-53(63)51(61)49(59)46(41-57)69-56/h5,7,11,13,17,19-20,22-23,25-26,28,45-47,49-57,59-64H,3-4,6,8-10,12,14-16,18,21,24,27,29-44H2,1-2H3/b7-5-,13-11-,19-17-,23-22-,25-20-,28-26-. The summed E-state index contributed by atoms with van der Waals surface area (Å²) in [6.45, 7) is 3.49. The lowest BCUT2D eigenvalue weighted by atomic mass is 9.98. The molecule has 14 nitrogen and oxygen atoms in total. The largest absolute Gasteiger partial charge is 0.457 e. The second-order valence-corrected chi connectivity index (χ2v) is 18.7. The molecule has 2 saturated heterocycles. The number of rotatable bonds is 42. The van der Waals surface area contributed by atoms with E-state index < -0.39 is 86.7 Å². The van der Waals surface area contributed by atoms with E-state index in [9.17, 15) is 40.5 Å². The van der Waals surface area contributed by atoms with Gasteiger partial charge in [0.05, 0.1) is 26.4 Å². The predicted molar refractivity (Wildman–Crippen MR) is 275 cm³/mol. The molecule has 0 saturated carbocycles. The van der Waals surface area contributed by atoms with Crippen molar-refractivity contribution in [3.05, 3.63) is 72.9 Å². The molecule has 2 fully saturated rings. The number of unbranched alkanes of at least 4 members (excludes halogenated alkanes) is 16. The highest BCUT2D eigenvalue weighted by atomic mass is 16.7. The summed E-state index contributed by atoms with van der Waals surface area (Å²) in [6, 6.07) is 0. The number of esters is 1. The van der Waals surface area contributed by atoms with Gasteiger partial charge in [-0.1, -0.05) is 157 Å². The van der Waals surface area contributed by atoms with Crippen LogP contribution in [0.25, 0.3) is 0 Å². The predicted octanol–water partition coefficient (Wildman–Crippen LogP) is 8.69. The first kappa shape index (κ1) is 63.5. The Balaban J connectivity index is 1.77. The molecular formula is C56H96O14. The molecule has 0 aliphatic carbocycles. The Bertz CT molecular complexity index is 1430. The van der Waals surface area contributed by atoms with Crippen molar-refractivity contribution in [1.29, 1.82) is 0 Å². The first-order valence-corrected chi connectivity index (χ1v) is 27.0. The smallest absolute Gasteiger partial charge is 0.306 e. The number of aliphatic hydroxyl groups is 7. The summed E-state index contributed by atoms with van der Waals surface area (Å²) in [5.41, 5.74) is 0. The van der Waals surface area contributed by atoms with Crippen LogP contribution in [0.2, 0.25) is 0 Å². The van der Waals surface area contributed by atoms with E-state index in [0.29, 0.717) is 13.0 Å². The Morgan fingerprint density at radius 3 is 1.47 bits per heavy atom. The van der Waals surface area contributed by atoms with Crippen LogP contribution < -0.4 is 0 Å². The fourth-order valence-electron chi connectivity index (χ4n) is 8.07. The molecule has 0 aromatic rings. The van der Waals surface area contributed by atoms with E-state index in [4.69, 9.17) is 28.4 Å². The first-order valence-electron chi connectivity index (χ1n) is 27.0. The summed E-state index contributed by atoms with van der Waals surface area (Å²) >= 11 is 0. The zero-order valence-corrected chi connectivity index (χ0v) is 43.0. The van der Waals surface area contributed by atoms with Crippen LogP contribution in [0.1, 0.15) is 174 Å². The molecule has 404 valence electrons. The SMILES string of the molecule is CC/C=C\C/C=C\C/C=C\C/C=C\C/C=C\CCCCCCOCC(COC1OC(COC2OC(CO)C(O)C(O)C2O)C(O)C(O)C1O)OC(=O)CCCCCCC/C=C\CCCCCCCCC. The molecule has 0 radical (unpaired) electrons. The van der Waals surface area contributed by atoms with Gasteiger partial charge in [-0.15, -0.1) is 0 Å². The van der Waals surface area contributed by atoms with Crippen LogP contribution in [-0.4, -0.2) is 142 Å². The van der Waals surface area contributed by atoms with Crippen molar-refractivity contribution in [2.45, 2.75) is 242 Å². The number of hydrogen-bond donors (Lipinski definition) is 7. The van der Waals surface area contributed by atoms with Gasteiger partial charge in [0.1, 0.15) is 54.9 Å². The molecule has 2 heterocycles. The van der Waals surface area contributed by atoms with Crippen molar-refractivity contribution in [3.63, 3.8) is 0 Å². The summed E-state index contributed by atoms with van der Waals surface area (Å²) in [7, 11) is 0. The maximum atomic E-state index is 13.0. The molecule has 2 rings (SSSR count). The summed E-state index contributed by atoms with van der Waals surface area (Å²) in [4.78, 5) is 13.0. The monoisotopic (exact) mass is 993 g/mol. The Morgan fingerprint density at radius 2 is 0.929 bits per heavy atom. The van der Waals surface area contributed by atoms with Crippen molar-refractivity contribution >= 4 is 5.97 Å². The zero-order chi connectivity index (χ0) is 50.9. The summed E-state index contributed by atoms with van der Waals surface area (Å²) < 4.78 is 34.3. The molecule has 0 aromatic heterocycles. The van der Waals surface area contributed by atoms with Crippen molar-refractivity contribution < 1.29 is 69.0 Å². The van der Waals surface area contributed by atoms with Gasteiger partial charge in [0.25, 0.3) is 0 Å². The highest BCUT2D eigenvalue weighted by Gasteiger charge is 2.47. The molecule has 14 heteroatoms. The van der Waals surface area contributed by atoms with E-state index in [2.05, 4.69) is 86.8 Å². The van der Waals surface area contributed by atoms with Crippen LogP contribution in [0, 0.1) is 0 Å². The molecular weight excluding hydrogens is 897 g/mol. The van der Waals surface area contributed by atoms with Crippen LogP contribution in [-0.2, 0) is 33.2 Å². The highest BCUT2D eigenvalue weighted by Crippen LogP contribution is 2.26. The minimum absolute atomic E-state index is 0.0376. The molecule has 11 unspecified atom stereocenters. The summed E-state index contributed by atoms with van der Waals surface area (Å²) in [5.74, 6) is -0.396. The van der Waals surface area contributed by atoms with Crippen LogP contribution in [0.5, 0.6) is 0 Å². The van der Waals surface area contributed by atoms with E-state index in [1.54, 1.807) is 0 Å². The Labute approximate surface area is 421 Å². The van der Waals surface area contributed by atoms with Gasteiger partial charge in [-0.2, -0.15) is 0 Å². The average molecular weight is 993 g/mol. The maximum Gasteiger partial charge on any atom is 0.306 e. The Kier molecular flexibility index (Phi) is 38.9. The molecule has 11 atom stereocenters. The van der Waals surface area contributed by atoms with Gasteiger partial charge >= 0.3 is 5.97 Å². The van der Waals surface area contributed by atoms with Crippen LogP contribution in [0.3, 0.4) is 0 Å². The van der Waals surface area contributed by atoms with Gasteiger partial charge in [-0.3, -0.25) is 4.79 Å². The third-order valence-electron chi connectivity index (χ3n) is 12.4. The van der Waals surface area contributed by atoms with Crippen LogP contribution in [0.15, 0.2) is 72.9 Å². The molecule has 0 amide bonds. The first-order chi connectivity index (χ1) is 34.1. The minimum Gasteiger partial charge on any atom is -0.457 e. The number of carbonyl (C=O) groups excluding carboxylic acids is 1. The topological polar surface area (TPSA) is 214 Å². The second-order valence-electron chi connectivity index (χ2n) is 18.7. The summed E-state index contributed by atoms with van der Waals surface area (Å²) in [6.07, 6.45) is 36.7. The number of carbonyl (C=O) groups is 1. The summed E-state index contributed by atoms with van der Waals surface area (Å²) in [5, 5.41) is 72.2. The lowest BCUT2D eigenvalue weighted by Gasteiger charge is -2.42. The van der Waals surface area contributed by atoms with E-state index in [1.807, 2.05) is 0 Å². The van der Waals surface area contributed by atoms with Gasteiger partial charge in [-0.25, -0.2) is 0 Å². The highest BCUT2D eigenvalue weighted by molar-refractivity contribution is 5.69. The number of hydrogen-bond acceptors (Lipinski definition) is 14. The van der Waals surface area contributed by atoms with Gasteiger partial charge in [-0.05, 0) is 83.5 Å². The van der Waals surface area contributed by atoms with Gasteiger partial charge in [0.15, 0.2) is 12.6 Å². The molecule has 2 aliphatic heterocycles. The molecule has 2 aliphatic rings. The van der Waals surface area contributed by atoms with E-state index in [1.165, 1.54) is 44.9 Å². The molecule has 7 N–H and O–H groups in total. The minimum atomic E-state index is -1.72. The molecule has 0 aromatic carbocycles. The number of allylic oxidation sites excluding steroid dienone is 12. The van der Waals surface area contributed by atoms with E-state index in [-0.39, 0.29) is 19.6 Å². The Hall–Kier alpha value is -2.57. The fourth-order valence-corrected chi connectivity index (χ4v) is 8.07.